The molecule has 0 atom stereocenters. The third-order valence-electron chi connectivity index (χ3n) is 1.59. The van der Waals surface area contributed by atoms with Gasteiger partial charge in [0.25, 0.3) is 0 Å². The number of hydrogen-bond acceptors (Lipinski definition) is 3. The van der Waals surface area contributed by atoms with E-state index >= 15 is 0 Å². The van der Waals surface area contributed by atoms with Crippen molar-refractivity contribution in [3.63, 3.8) is 0 Å². The maximum Gasteiger partial charge on any atom is 0.0104 e. The number of hydrogen-bond donors (Lipinski definition) is 2. The zero-order chi connectivity index (χ0) is 9.23. The Balaban J connectivity index is 0.000000217. The maximum atomic E-state index is 4.89. The Labute approximate surface area is 74.9 Å². The summed E-state index contributed by atoms with van der Waals surface area (Å²) >= 11 is 0. The van der Waals surface area contributed by atoms with E-state index in [2.05, 4.69) is 23.8 Å². The van der Waals surface area contributed by atoms with Gasteiger partial charge in [0.1, 0.15) is 0 Å². The lowest BCUT2D eigenvalue weighted by atomic mass is 10.4. The Bertz CT molecular complexity index is 126. The van der Waals surface area contributed by atoms with Crippen LogP contribution >= 0.6 is 0 Å². The molecule has 0 radical (unpaired) electrons. The van der Waals surface area contributed by atoms with Crippen LogP contribution in [0.4, 0.5) is 0 Å². The lowest BCUT2D eigenvalue weighted by molar-refractivity contribution is 0.291. The molecule has 12 heavy (non-hydrogen) atoms. The van der Waals surface area contributed by atoms with Crippen molar-refractivity contribution in [3.8, 4) is 0 Å². The summed E-state index contributed by atoms with van der Waals surface area (Å²) in [5.74, 6) is 0. The monoisotopic (exact) mass is 169 g/mol. The van der Waals surface area contributed by atoms with Gasteiger partial charge < -0.3 is 16.0 Å². The normalized spacial score (nSPS) is 18.4. The lowest BCUT2D eigenvalue weighted by Crippen LogP contribution is -2.40. The van der Waals surface area contributed by atoms with Crippen LogP contribution in [0.5, 0.6) is 0 Å². The van der Waals surface area contributed by atoms with Crippen molar-refractivity contribution in [3.05, 3.63) is 24.9 Å². The van der Waals surface area contributed by atoms with Gasteiger partial charge in [0.05, 0.1) is 0 Å². The number of piperazine rings is 1. The van der Waals surface area contributed by atoms with Crippen LogP contribution in [0, 0.1) is 0 Å². The number of likely N-dealkylation sites (N-methyl/N-ethyl adjacent to an activating group) is 1. The third kappa shape index (κ3) is 7.31. The molecule has 3 heteroatoms. The topological polar surface area (TPSA) is 41.3 Å². The number of nitrogens with zero attached hydrogens (tertiary/aromatic N) is 1. The van der Waals surface area contributed by atoms with Crippen LogP contribution in [-0.2, 0) is 0 Å². The second-order valence-corrected chi connectivity index (χ2v) is 2.67. The van der Waals surface area contributed by atoms with E-state index in [1.54, 1.807) is 12.2 Å². The first kappa shape index (κ1) is 11.2. The van der Waals surface area contributed by atoms with E-state index in [0.717, 1.165) is 13.1 Å². The molecular weight excluding hydrogens is 150 g/mol. The van der Waals surface area contributed by atoms with Gasteiger partial charge in [-0.3, -0.25) is 0 Å². The summed E-state index contributed by atoms with van der Waals surface area (Å²) in [4.78, 5) is 2.33. The number of rotatable bonds is 1. The predicted octanol–water partition coefficient (Wildman–Crippen LogP) is 0.166. The van der Waals surface area contributed by atoms with Crippen LogP contribution < -0.4 is 11.1 Å². The summed E-state index contributed by atoms with van der Waals surface area (Å²) in [5.41, 5.74) is 4.89. The Hall–Kier alpha value is -0.800. The fraction of sp³-hybridized carbons (Fsp3) is 0.556. The van der Waals surface area contributed by atoms with Crippen molar-refractivity contribution < 1.29 is 0 Å². The lowest BCUT2D eigenvalue weighted by Gasteiger charge is -2.21. The molecule has 1 aliphatic heterocycles. The van der Waals surface area contributed by atoms with Crippen molar-refractivity contribution >= 4 is 0 Å². The third-order valence-corrected chi connectivity index (χ3v) is 1.59. The van der Waals surface area contributed by atoms with E-state index in [1.807, 2.05) is 0 Å². The molecule has 1 fully saturated rings. The smallest absolute Gasteiger partial charge is 0.0104 e. The first-order chi connectivity index (χ1) is 5.81. The quantitative estimate of drug-likeness (QED) is 0.550. The molecule has 0 bridgehead atoms. The summed E-state index contributed by atoms with van der Waals surface area (Å²) in [6.07, 6.45) is 4.73. The van der Waals surface area contributed by atoms with Gasteiger partial charge in [-0.1, -0.05) is 12.7 Å². The maximum absolute atomic E-state index is 4.89. The van der Waals surface area contributed by atoms with Gasteiger partial charge in [0, 0.05) is 26.2 Å². The van der Waals surface area contributed by atoms with Gasteiger partial charge in [-0.25, -0.2) is 0 Å². The average molecular weight is 169 g/mol. The molecule has 0 aromatic rings. The van der Waals surface area contributed by atoms with E-state index in [0.29, 0.717) is 0 Å². The molecule has 70 valence electrons. The van der Waals surface area contributed by atoms with Crippen LogP contribution in [-0.4, -0.2) is 38.1 Å². The van der Waals surface area contributed by atoms with Crippen LogP contribution in [0.25, 0.3) is 0 Å². The van der Waals surface area contributed by atoms with E-state index < -0.39 is 0 Å². The summed E-state index contributed by atoms with van der Waals surface area (Å²) in [6, 6.07) is 0. The number of nitrogens with one attached hydrogen (secondary N) is 1. The molecule has 3 nitrogen and oxygen atoms in total. The van der Waals surface area contributed by atoms with Crippen molar-refractivity contribution in [2.75, 3.05) is 33.2 Å². The fourth-order valence-electron chi connectivity index (χ4n) is 0.855. The van der Waals surface area contributed by atoms with Crippen LogP contribution in [0.3, 0.4) is 0 Å². The minimum Gasteiger partial charge on any atom is -0.405 e. The molecule has 1 aliphatic rings. The standard InChI is InChI=1S/C5H12N2.C4H7N/c1-7-4-2-6-3-5-7;1-2-3-4-5/h6H,2-5H2,1H3;2-4H,1,5H2/b;4-3-. The van der Waals surface area contributed by atoms with Gasteiger partial charge in [0.2, 0.25) is 0 Å². The second-order valence-electron chi connectivity index (χ2n) is 2.67. The minimum atomic E-state index is 1.16. The molecule has 0 spiro atoms. The molecule has 0 unspecified atom stereocenters. The molecule has 0 aromatic heterocycles. The highest BCUT2D eigenvalue weighted by atomic mass is 15.2. The van der Waals surface area contributed by atoms with Gasteiger partial charge in [0.15, 0.2) is 0 Å². The van der Waals surface area contributed by atoms with Gasteiger partial charge in [-0.15, -0.1) is 0 Å². The van der Waals surface area contributed by atoms with E-state index in [4.69, 9.17) is 5.73 Å². The van der Waals surface area contributed by atoms with Crippen molar-refractivity contribution in [1.29, 1.82) is 0 Å². The number of allylic oxidation sites excluding steroid dienone is 2. The van der Waals surface area contributed by atoms with E-state index in [1.165, 1.54) is 19.3 Å². The predicted molar refractivity (Wildman–Crippen MR) is 53.9 cm³/mol. The van der Waals surface area contributed by atoms with Crippen molar-refractivity contribution in [2.24, 2.45) is 5.73 Å². The summed E-state index contributed by atoms with van der Waals surface area (Å²) in [6.45, 7) is 8.13. The highest BCUT2D eigenvalue weighted by molar-refractivity contribution is 4.93. The largest absolute Gasteiger partial charge is 0.405 e. The van der Waals surface area contributed by atoms with Gasteiger partial charge >= 0.3 is 0 Å². The van der Waals surface area contributed by atoms with E-state index in [9.17, 15) is 0 Å². The van der Waals surface area contributed by atoms with Crippen molar-refractivity contribution in [1.82, 2.24) is 10.2 Å². The first-order valence-electron chi connectivity index (χ1n) is 4.20. The highest BCUT2D eigenvalue weighted by Gasteiger charge is 2.01. The van der Waals surface area contributed by atoms with Gasteiger partial charge in [-0.2, -0.15) is 0 Å². The SMILES string of the molecule is C=C/C=C\N.CN1CCNCC1. The molecule has 1 rings (SSSR count). The summed E-state index contributed by atoms with van der Waals surface area (Å²) in [7, 11) is 2.15. The zero-order valence-corrected chi connectivity index (χ0v) is 7.79. The van der Waals surface area contributed by atoms with Crippen LogP contribution in [0.15, 0.2) is 24.9 Å². The molecule has 1 saturated heterocycles. The summed E-state index contributed by atoms with van der Waals surface area (Å²) in [5, 5.41) is 3.27. The average Bonchev–Trinajstić information content (AvgIpc) is 2.08. The Morgan fingerprint density at radius 2 is 2.00 bits per heavy atom. The molecule has 1 heterocycles. The van der Waals surface area contributed by atoms with Crippen LogP contribution in [0.2, 0.25) is 0 Å². The molecule has 0 saturated carbocycles. The Morgan fingerprint density at radius 1 is 1.42 bits per heavy atom. The molecule has 3 N–H and O–H groups in total. The fourth-order valence-corrected chi connectivity index (χ4v) is 0.855. The zero-order valence-electron chi connectivity index (χ0n) is 7.79. The second kappa shape index (κ2) is 8.30. The highest BCUT2D eigenvalue weighted by Crippen LogP contribution is 1.83. The van der Waals surface area contributed by atoms with Gasteiger partial charge in [-0.05, 0) is 19.3 Å². The molecule has 0 amide bonds. The minimum absolute atomic E-state index is 1.16. The van der Waals surface area contributed by atoms with E-state index in [-0.39, 0.29) is 0 Å². The Kier molecular flexibility index (Phi) is 7.74. The number of nitrogens with two attached hydrogens (primary N) is 1. The van der Waals surface area contributed by atoms with Crippen LogP contribution in [0.1, 0.15) is 0 Å². The summed E-state index contributed by atoms with van der Waals surface area (Å²) < 4.78 is 0. The molecule has 0 aromatic carbocycles. The Morgan fingerprint density at radius 3 is 2.17 bits per heavy atom. The van der Waals surface area contributed by atoms with Crippen molar-refractivity contribution in [2.45, 2.75) is 0 Å². The first-order valence-corrected chi connectivity index (χ1v) is 4.20. The molecule has 0 aliphatic carbocycles. The molecular formula is C9H19N3.